The Hall–Kier alpha value is -1.68. The maximum absolute atomic E-state index is 11.9. The third-order valence-corrected chi connectivity index (χ3v) is 4.04. The van der Waals surface area contributed by atoms with Crippen LogP contribution in [0.15, 0.2) is 53.3 Å². The quantitative estimate of drug-likeness (QED) is 0.904. The zero-order valence-electron chi connectivity index (χ0n) is 11.2. The number of hydrogen-bond donors (Lipinski definition) is 1. The lowest BCUT2D eigenvalue weighted by Crippen LogP contribution is -2.37. The second-order valence-corrected chi connectivity index (χ2v) is 5.71. The van der Waals surface area contributed by atoms with Crippen LogP contribution in [0.2, 0.25) is 0 Å². The van der Waals surface area contributed by atoms with Gasteiger partial charge >= 0.3 is 5.97 Å². The Kier molecular flexibility index (Phi) is 4.55. The molecule has 0 aliphatic heterocycles. The van der Waals surface area contributed by atoms with Gasteiger partial charge in [0.15, 0.2) is 0 Å². The molecule has 0 bridgehead atoms. The number of benzene rings is 1. The molecule has 1 aromatic carbocycles. The number of aromatic nitrogens is 1. The van der Waals surface area contributed by atoms with Crippen molar-refractivity contribution in [1.82, 2.24) is 4.98 Å². The lowest BCUT2D eigenvalue weighted by molar-refractivity contribution is -0.144. The predicted molar refractivity (Wildman–Crippen MR) is 81.7 cm³/mol. The van der Waals surface area contributed by atoms with Crippen molar-refractivity contribution in [3.63, 3.8) is 0 Å². The minimum absolute atomic E-state index is 0.426. The molecule has 0 spiro atoms. The molecule has 0 radical (unpaired) electrons. The second kappa shape index (κ2) is 6.18. The molecule has 2 aromatic rings. The highest BCUT2D eigenvalue weighted by atomic mass is 79.9. The van der Waals surface area contributed by atoms with Gasteiger partial charge in [-0.05, 0) is 46.0 Å². The van der Waals surface area contributed by atoms with E-state index >= 15 is 0 Å². The topological polar surface area (TPSA) is 50.2 Å². The Morgan fingerprint density at radius 1 is 1.30 bits per heavy atom. The molecule has 0 saturated heterocycles. The summed E-state index contributed by atoms with van der Waals surface area (Å²) in [7, 11) is 0. The van der Waals surface area contributed by atoms with Crippen LogP contribution < -0.4 is 0 Å². The highest BCUT2D eigenvalue weighted by Crippen LogP contribution is 2.32. The smallest absolute Gasteiger partial charge is 0.314 e. The molecule has 1 unspecified atom stereocenters. The zero-order chi connectivity index (χ0) is 14.6. The Balaban J connectivity index is 2.45. The third kappa shape index (κ3) is 2.90. The van der Waals surface area contributed by atoms with Gasteiger partial charge in [-0.15, -0.1) is 0 Å². The number of pyridine rings is 1. The molecule has 1 atom stereocenters. The second-order valence-electron chi connectivity index (χ2n) is 4.80. The number of carboxylic acid groups (broad SMARTS) is 1. The van der Waals surface area contributed by atoms with Crippen LogP contribution >= 0.6 is 15.9 Å². The summed E-state index contributed by atoms with van der Waals surface area (Å²) < 4.78 is 0.860. The van der Waals surface area contributed by atoms with Crippen molar-refractivity contribution in [3.8, 4) is 0 Å². The van der Waals surface area contributed by atoms with Crippen molar-refractivity contribution in [2.24, 2.45) is 0 Å². The molecule has 0 fully saturated rings. The van der Waals surface area contributed by atoms with Crippen molar-refractivity contribution >= 4 is 21.9 Å². The van der Waals surface area contributed by atoms with Crippen LogP contribution in [0.1, 0.15) is 24.5 Å². The zero-order valence-corrected chi connectivity index (χ0v) is 12.8. The normalized spacial score (nSPS) is 13.7. The molecular formula is C16H16BrNO2. The fourth-order valence-corrected chi connectivity index (χ4v) is 2.85. The molecule has 1 N–H and O–H groups in total. The van der Waals surface area contributed by atoms with Gasteiger partial charge in [-0.3, -0.25) is 9.78 Å². The molecule has 4 heteroatoms. The average Bonchev–Trinajstić information content (AvgIpc) is 2.45. The van der Waals surface area contributed by atoms with E-state index < -0.39 is 11.4 Å². The van der Waals surface area contributed by atoms with Crippen molar-refractivity contribution < 1.29 is 9.90 Å². The van der Waals surface area contributed by atoms with E-state index in [-0.39, 0.29) is 0 Å². The summed E-state index contributed by atoms with van der Waals surface area (Å²) in [4.78, 5) is 16.0. The fraction of sp³-hybridized carbons (Fsp3) is 0.250. The SMILES string of the molecule is CCC(Cc1cncc(Br)c1)(C(=O)O)c1ccccc1. The van der Waals surface area contributed by atoms with Crippen molar-refractivity contribution in [1.29, 1.82) is 0 Å². The maximum Gasteiger partial charge on any atom is 0.314 e. The summed E-state index contributed by atoms with van der Waals surface area (Å²) in [6.45, 7) is 1.91. The van der Waals surface area contributed by atoms with Crippen LogP contribution in [0.25, 0.3) is 0 Å². The molecule has 20 heavy (non-hydrogen) atoms. The Morgan fingerprint density at radius 3 is 2.55 bits per heavy atom. The summed E-state index contributed by atoms with van der Waals surface area (Å²) >= 11 is 3.37. The summed E-state index contributed by atoms with van der Waals surface area (Å²) in [6.07, 6.45) is 4.37. The first-order chi connectivity index (χ1) is 9.58. The molecule has 3 nitrogen and oxygen atoms in total. The van der Waals surface area contributed by atoms with E-state index in [1.165, 1.54) is 0 Å². The molecule has 104 valence electrons. The Morgan fingerprint density at radius 2 is 2.00 bits per heavy atom. The highest BCUT2D eigenvalue weighted by molar-refractivity contribution is 9.10. The van der Waals surface area contributed by atoms with Crippen LogP contribution in [0, 0.1) is 0 Å². The summed E-state index contributed by atoms with van der Waals surface area (Å²) in [5.74, 6) is -0.800. The van der Waals surface area contributed by atoms with E-state index in [4.69, 9.17) is 0 Å². The van der Waals surface area contributed by atoms with Crippen LogP contribution in [-0.4, -0.2) is 16.1 Å². The molecule has 0 aliphatic carbocycles. The number of hydrogen-bond acceptors (Lipinski definition) is 2. The minimum atomic E-state index is -0.913. The lowest BCUT2D eigenvalue weighted by Gasteiger charge is -2.29. The van der Waals surface area contributed by atoms with E-state index in [1.54, 1.807) is 12.4 Å². The number of aliphatic carboxylic acids is 1. The van der Waals surface area contributed by atoms with Gasteiger partial charge in [-0.25, -0.2) is 0 Å². The monoisotopic (exact) mass is 333 g/mol. The van der Waals surface area contributed by atoms with Gasteiger partial charge in [0.25, 0.3) is 0 Å². The van der Waals surface area contributed by atoms with Gasteiger partial charge in [-0.2, -0.15) is 0 Å². The molecule has 1 aromatic heterocycles. The van der Waals surface area contributed by atoms with Crippen LogP contribution in [-0.2, 0) is 16.6 Å². The van der Waals surface area contributed by atoms with Crippen molar-refractivity contribution in [2.75, 3.05) is 0 Å². The number of carbonyl (C=O) groups is 1. The molecule has 1 heterocycles. The van der Waals surface area contributed by atoms with Gasteiger partial charge in [-0.1, -0.05) is 37.3 Å². The maximum atomic E-state index is 11.9. The molecule has 0 aliphatic rings. The largest absolute Gasteiger partial charge is 0.481 e. The number of carboxylic acids is 1. The van der Waals surface area contributed by atoms with E-state index in [0.717, 1.165) is 15.6 Å². The lowest BCUT2D eigenvalue weighted by atomic mass is 9.74. The van der Waals surface area contributed by atoms with Crippen LogP contribution in [0.5, 0.6) is 0 Å². The van der Waals surface area contributed by atoms with Gasteiger partial charge in [0.2, 0.25) is 0 Å². The highest BCUT2D eigenvalue weighted by Gasteiger charge is 2.38. The van der Waals surface area contributed by atoms with Gasteiger partial charge < -0.3 is 5.11 Å². The van der Waals surface area contributed by atoms with E-state index in [1.807, 2.05) is 43.3 Å². The molecule has 2 rings (SSSR count). The first kappa shape index (κ1) is 14.7. The third-order valence-electron chi connectivity index (χ3n) is 3.61. The molecular weight excluding hydrogens is 318 g/mol. The van der Waals surface area contributed by atoms with Gasteiger partial charge in [0.05, 0.1) is 5.41 Å². The van der Waals surface area contributed by atoms with Crippen LogP contribution in [0.4, 0.5) is 0 Å². The Bertz CT molecular complexity index is 600. The molecule has 0 amide bonds. The first-order valence-electron chi connectivity index (χ1n) is 6.47. The number of halogens is 1. The average molecular weight is 334 g/mol. The molecule has 0 saturated carbocycles. The summed E-state index contributed by atoms with van der Waals surface area (Å²) in [5.41, 5.74) is 0.825. The fourth-order valence-electron chi connectivity index (χ4n) is 2.44. The van der Waals surface area contributed by atoms with E-state index in [9.17, 15) is 9.90 Å². The van der Waals surface area contributed by atoms with Crippen molar-refractivity contribution in [2.45, 2.75) is 25.2 Å². The summed E-state index contributed by atoms with van der Waals surface area (Å²) in [5, 5.41) is 9.78. The van der Waals surface area contributed by atoms with Crippen LogP contribution in [0.3, 0.4) is 0 Å². The number of nitrogens with zero attached hydrogens (tertiary/aromatic N) is 1. The number of rotatable bonds is 5. The standard InChI is InChI=1S/C16H16BrNO2/c1-2-16(15(19)20,13-6-4-3-5-7-13)9-12-8-14(17)11-18-10-12/h3-8,10-11H,2,9H2,1H3,(H,19,20). The van der Waals surface area contributed by atoms with Crippen molar-refractivity contribution in [3.05, 3.63) is 64.4 Å². The predicted octanol–water partition coefficient (Wildman–Crippen LogP) is 3.82. The van der Waals surface area contributed by atoms with Gasteiger partial charge in [0, 0.05) is 16.9 Å². The van der Waals surface area contributed by atoms with E-state index in [2.05, 4.69) is 20.9 Å². The summed E-state index contributed by atoms with van der Waals surface area (Å²) in [6, 6.07) is 11.3. The Labute approximate surface area is 126 Å². The van der Waals surface area contributed by atoms with E-state index in [0.29, 0.717) is 12.8 Å². The first-order valence-corrected chi connectivity index (χ1v) is 7.26. The minimum Gasteiger partial charge on any atom is -0.481 e. The van der Waals surface area contributed by atoms with Gasteiger partial charge in [0.1, 0.15) is 0 Å².